The third-order valence-corrected chi connectivity index (χ3v) is 2.42. The first-order valence-corrected chi connectivity index (χ1v) is 5.81. The van der Waals surface area contributed by atoms with Gasteiger partial charge in [0.2, 0.25) is 0 Å². The van der Waals surface area contributed by atoms with E-state index in [1.54, 1.807) is 12.1 Å². The van der Waals surface area contributed by atoms with E-state index in [4.69, 9.17) is 4.74 Å². The summed E-state index contributed by atoms with van der Waals surface area (Å²) in [4.78, 5) is 11.4. The zero-order valence-corrected chi connectivity index (χ0v) is 11.2. The van der Waals surface area contributed by atoms with Gasteiger partial charge in [-0.15, -0.1) is 0 Å². The van der Waals surface area contributed by atoms with Gasteiger partial charge in [0.25, 0.3) is 0 Å². The van der Waals surface area contributed by atoms with Crippen LogP contribution in [0.3, 0.4) is 0 Å². The molecule has 0 saturated heterocycles. The lowest BCUT2D eigenvalue weighted by Gasteiger charge is -2.09. The number of ether oxygens (including phenoxy) is 2. The number of hydrogen-bond acceptors (Lipinski definition) is 3. The lowest BCUT2D eigenvalue weighted by atomic mass is 10.1. The van der Waals surface area contributed by atoms with Crippen molar-refractivity contribution in [2.45, 2.75) is 26.6 Å². The molecule has 0 spiro atoms. The monoisotopic (exact) mass is 286 g/mol. The van der Waals surface area contributed by atoms with Crippen LogP contribution in [0.4, 0.5) is 0 Å². The Morgan fingerprint density at radius 1 is 1.38 bits per heavy atom. The quantitative estimate of drug-likeness (QED) is 0.798. The first-order chi connectivity index (χ1) is 7.52. The third-order valence-electron chi connectivity index (χ3n) is 1.96. The molecule has 1 rings (SSSR count). The molecule has 0 radical (unpaired) electrons. The predicted molar refractivity (Wildman–Crippen MR) is 65.4 cm³/mol. The molecule has 0 aromatic heterocycles. The molecule has 0 saturated carbocycles. The van der Waals surface area contributed by atoms with E-state index < -0.39 is 0 Å². The van der Waals surface area contributed by atoms with Crippen molar-refractivity contribution in [2.75, 3.05) is 7.11 Å². The molecule has 16 heavy (non-hydrogen) atoms. The van der Waals surface area contributed by atoms with Crippen molar-refractivity contribution >= 4 is 21.9 Å². The van der Waals surface area contributed by atoms with Gasteiger partial charge < -0.3 is 9.47 Å². The molecule has 3 nitrogen and oxygen atoms in total. The molecule has 0 fully saturated rings. The van der Waals surface area contributed by atoms with Gasteiger partial charge in [-0.3, -0.25) is 0 Å². The standard InChI is InChI=1S/C12H15BrO3/c1-8(2)16-7-9-4-10(12(14)15-3)6-11(13)5-9/h4-6,8H,7H2,1-3H3. The van der Waals surface area contributed by atoms with Gasteiger partial charge in [-0.25, -0.2) is 4.79 Å². The molecule has 0 atom stereocenters. The molecular weight excluding hydrogens is 272 g/mol. The molecule has 0 N–H and O–H groups in total. The number of methoxy groups -OCH3 is 1. The van der Waals surface area contributed by atoms with Crippen LogP contribution in [-0.2, 0) is 16.1 Å². The van der Waals surface area contributed by atoms with Crippen molar-refractivity contribution in [3.63, 3.8) is 0 Å². The molecule has 88 valence electrons. The highest BCUT2D eigenvalue weighted by atomic mass is 79.9. The summed E-state index contributed by atoms with van der Waals surface area (Å²) in [7, 11) is 1.37. The van der Waals surface area contributed by atoms with Crippen LogP contribution in [0.1, 0.15) is 29.8 Å². The van der Waals surface area contributed by atoms with Crippen LogP contribution in [-0.4, -0.2) is 19.2 Å². The van der Waals surface area contributed by atoms with E-state index in [-0.39, 0.29) is 12.1 Å². The first kappa shape index (κ1) is 13.2. The summed E-state index contributed by atoms with van der Waals surface area (Å²) in [6.07, 6.45) is 0.167. The Bertz CT molecular complexity index is 375. The number of carbonyl (C=O) groups excluding carboxylic acids is 1. The molecule has 0 unspecified atom stereocenters. The van der Waals surface area contributed by atoms with Gasteiger partial charge in [0.15, 0.2) is 0 Å². The van der Waals surface area contributed by atoms with E-state index in [0.29, 0.717) is 12.2 Å². The van der Waals surface area contributed by atoms with Crippen LogP contribution in [0.5, 0.6) is 0 Å². The summed E-state index contributed by atoms with van der Waals surface area (Å²) in [5, 5.41) is 0. The molecule has 0 aliphatic heterocycles. The van der Waals surface area contributed by atoms with Crippen molar-refractivity contribution < 1.29 is 14.3 Å². The number of benzene rings is 1. The number of hydrogen-bond donors (Lipinski definition) is 0. The zero-order chi connectivity index (χ0) is 12.1. The number of rotatable bonds is 4. The summed E-state index contributed by atoms with van der Waals surface area (Å²) >= 11 is 3.35. The molecule has 0 bridgehead atoms. The van der Waals surface area contributed by atoms with Crippen molar-refractivity contribution in [3.8, 4) is 0 Å². The van der Waals surface area contributed by atoms with Crippen molar-refractivity contribution in [2.24, 2.45) is 0 Å². The average molecular weight is 287 g/mol. The van der Waals surface area contributed by atoms with Crippen molar-refractivity contribution in [1.82, 2.24) is 0 Å². The van der Waals surface area contributed by atoms with Crippen LogP contribution in [0.15, 0.2) is 22.7 Å². The smallest absolute Gasteiger partial charge is 0.337 e. The van der Waals surface area contributed by atoms with Gasteiger partial charge in [-0.2, -0.15) is 0 Å². The van der Waals surface area contributed by atoms with Crippen LogP contribution in [0.2, 0.25) is 0 Å². The molecule has 0 aliphatic rings. The van der Waals surface area contributed by atoms with Gasteiger partial charge in [-0.1, -0.05) is 15.9 Å². The molecule has 1 aromatic carbocycles. The van der Waals surface area contributed by atoms with E-state index in [1.165, 1.54) is 7.11 Å². The number of halogens is 1. The molecule has 0 amide bonds. The number of esters is 1. The van der Waals surface area contributed by atoms with Crippen molar-refractivity contribution in [1.29, 1.82) is 0 Å². The second-order valence-electron chi connectivity index (χ2n) is 3.70. The van der Waals surface area contributed by atoms with E-state index in [0.717, 1.165) is 10.0 Å². The summed E-state index contributed by atoms with van der Waals surface area (Å²) in [6, 6.07) is 5.43. The Hall–Kier alpha value is -0.870. The van der Waals surface area contributed by atoms with Crippen LogP contribution in [0.25, 0.3) is 0 Å². The minimum atomic E-state index is -0.341. The summed E-state index contributed by atoms with van der Waals surface area (Å²) in [5.74, 6) is -0.341. The molecule has 1 aromatic rings. The molecule has 0 heterocycles. The fourth-order valence-electron chi connectivity index (χ4n) is 1.23. The maximum atomic E-state index is 11.4. The van der Waals surface area contributed by atoms with Gasteiger partial charge in [0.1, 0.15) is 0 Å². The van der Waals surface area contributed by atoms with E-state index in [9.17, 15) is 4.79 Å². The predicted octanol–water partition coefficient (Wildman–Crippen LogP) is 3.16. The summed E-state index contributed by atoms with van der Waals surface area (Å²) in [6.45, 7) is 4.43. The van der Waals surface area contributed by atoms with Gasteiger partial charge in [0, 0.05) is 4.47 Å². The minimum Gasteiger partial charge on any atom is -0.465 e. The van der Waals surface area contributed by atoms with E-state index >= 15 is 0 Å². The van der Waals surface area contributed by atoms with Gasteiger partial charge in [-0.05, 0) is 37.6 Å². The van der Waals surface area contributed by atoms with E-state index in [1.807, 2.05) is 19.9 Å². The van der Waals surface area contributed by atoms with Crippen LogP contribution < -0.4 is 0 Å². The Morgan fingerprint density at radius 2 is 2.06 bits per heavy atom. The zero-order valence-electron chi connectivity index (χ0n) is 9.62. The number of carbonyl (C=O) groups is 1. The summed E-state index contributed by atoms with van der Waals surface area (Å²) in [5.41, 5.74) is 1.47. The lowest BCUT2D eigenvalue weighted by Crippen LogP contribution is -2.05. The highest BCUT2D eigenvalue weighted by molar-refractivity contribution is 9.10. The molecule has 4 heteroatoms. The Labute approximate surface area is 104 Å². The average Bonchev–Trinajstić information content (AvgIpc) is 2.24. The fourth-order valence-corrected chi connectivity index (χ4v) is 1.77. The SMILES string of the molecule is COC(=O)c1cc(Br)cc(COC(C)C)c1. The largest absolute Gasteiger partial charge is 0.465 e. The maximum Gasteiger partial charge on any atom is 0.337 e. The highest BCUT2D eigenvalue weighted by Gasteiger charge is 2.08. The van der Waals surface area contributed by atoms with Crippen LogP contribution in [0, 0.1) is 0 Å². The van der Waals surface area contributed by atoms with Gasteiger partial charge in [0.05, 0.1) is 25.4 Å². The lowest BCUT2D eigenvalue weighted by molar-refractivity contribution is 0.0597. The van der Waals surface area contributed by atoms with Gasteiger partial charge >= 0.3 is 5.97 Å². The van der Waals surface area contributed by atoms with E-state index in [2.05, 4.69) is 20.7 Å². The normalized spacial score (nSPS) is 10.6. The second-order valence-corrected chi connectivity index (χ2v) is 4.62. The first-order valence-electron chi connectivity index (χ1n) is 5.02. The second kappa shape index (κ2) is 6.01. The van der Waals surface area contributed by atoms with Crippen LogP contribution >= 0.6 is 15.9 Å². The maximum absolute atomic E-state index is 11.4. The Morgan fingerprint density at radius 3 is 2.62 bits per heavy atom. The fraction of sp³-hybridized carbons (Fsp3) is 0.417. The third kappa shape index (κ3) is 3.94. The molecular formula is C12H15BrO3. The molecule has 0 aliphatic carbocycles. The Kier molecular flexibility index (Phi) is 4.96. The Balaban J connectivity index is 2.85. The highest BCUT2D eigenvalue weighted by Crippen LogP contribution is 2.17. The topological polar surface area (TPSA) is 35.5 Å². The van der Waals surface area contributed by atoms with Crippen molar-refractivity contribution in [3.05, 3.63) is 33.8 Å². The minimum absolute atomic E-state index is 0.167. The summed E-state index contributed by atoms with van der Waals surface area (Å²) < 4.78 is 11.0.